The molecule has 0 unspecified atom stereocenters. The Kier molecular flexibility index (Phi) is 32.9. The van der Waals surface area contributed by atoms with Gasteiger partial charge in [0, 0.05) is 222 Å². The molecule has 651 valence electrons. The Morgan fingerprint density at radius 2 is 0.686 bits per heavy atom. The van der Waals surface area contributed by atoms with Crippen LogP contribution in [0.15, 0.2) is 210 Å². The minimum absolute atomic E-state index is 0. The molecule has 0 N–H and O–H groups in total. The Bertz CT molecular complexity index is 5340. The Hall–Kier alpha value is -8.30. The first-order valence-electron chi connectivity index (χ1n) is 32.0. The minimum Gasteiger partial charge on any atom is -0.573 e. The van der Waals surface area contributed by atoms with E-state index in [0.29, 0.717) is 29.6 Å². The van der Waals surface area contributed by atoms with Crippen LogP contribution in [-0.2, 0) is 148 Å². The average Bonchev–Trinajstić information content (AvgIpc) is 0.928. The third-order valence-electron chi connectivity index (χ3n) is 14.6. The van der Waals surface area contributed by atoms with Gasteiger partial charge in [-0.3, -0.25) is 34.3 Å². The summed E-state index contributed by atoms with van der Waals surface area (Å²) in [7, 11) is -20.5. The Labute approximate surface area is 729 Å². The van der Waals surface area contributed by atoms with Gasteiger partial charge in [0.15, 0.2) is 0 Å². The van der Waals surface area contributed by atoms with Gasteiger partial charge in [0.2, 0.25) is 0 Å². The number of nitrogens with zero attached hydrogens (tertiary/aromatic N) is 16. The normalized spacial score (nSPS) is 12.9. The van der Waals surface area contributed by atoms with Crippen molar-refractivity contribution in [2.75, 3.05) is 0 Å². The van der Waals surface area contributed by atoms with Gasteiger partial charge in [0.1, 0.15) is 11.4 Å². The first kappa shape index (κ1) is 104. The molecule has 45 heteroatoms. The molecule has 14 aromatic rings. The third kappa shape index (κ3) is 31.4. The maximum absolute atomic E-state index is 12.8. The van der Waals surface area contributed by atoms with Crippen molar-refractivity contribution >= 4 is 30.7 Å². The number of hydrogen-bond donors (Lipinski definition) is 0. The molecule has 0 aliphatic rings. The molecule has 0 saturated heterocycles. The van der Waals surface area contributed by atoms with E-state index >= 15 is 0 Å². The molecule has 14 rings (SSSR count). The predicted molar refractivity (Wildman–Crippen MR) is 387 cm³/mol. The fourth-order valence-electron chi connectivity index (χ4n) is 9.51. The Morgan fingerprint density at radius 1 is 0.347 bits per heavy atom. The topological polar surface area (TPSA) is 169 Å². The summed E-state index contributed by atoms with van der Waals surface area (Å²) in [4.78, 5) is 13.6. The molecular formula is C73H62F21Ir5N16S3-7. The second kappa shape index (κ2) is 37.4. The summed E-state index contributed by atoms with van der Waals surface area (Å²) in [6.07, 6.45) is 6.95. The molecule has 0 saturated carbocycles. The first-order chi connectivity index (χ1) is 51.7. The largest absolute Gasteiger partial charge is 0.573 e. The van der Waals surface area contributed by atoms with Crippen LogP contribution in [0.4, 0.5) is 84.6 Å². The Morgan fingerprint density at radius 3 is 0.983 bits per heavy atom. The molecule has 9 heterocycles. The van der Waals surface area contributed by atoms with Crippen LogP contribution in [0.2, 0.25) is 0 Å². The van der Waals surface area contributed by atoms with E-state index in [9.17, 15) is 84.6 Å². The van der Waals surface area contributed by atoms with E-state index in [1.54, 1.807) is 86.7 Å². The van der Waals surface area contributed by atoms with Crippen LogP contribution in [-0.4, -0.2) is 68.4 Å². The minimum atomic E-state index is -9.73. The molecule has 0 spiro atoms. The van der Waals surface area contributed by atoms with Crippen molar-refractivity contribution in [3.8, 4) is 79.2 Å². The molecule has 0 atom stereocenters. The van der Waals surface area contributed by atoms with E-state index in [4.69, 9.17) is 0 Å². The number of benzene rings is 5. The third-order valence-corrected chi connectivity index (χ3v) is 17.8. The van der Waals surface area contributed by atoms with Gasteiger partial charge in [0.05, 0.1) is 18.5 Å². The Balaban J connectivity index is 0.000000355. The summed E-state index contributed by atoms with van der Waals surface area (Å²) in [6.45, 7) is 8.08. The monoisotopic (exact) mass is 2620 g/mol. The van der Waals surface area contributed by atoms with Gasteiger partial charge in [-0.05, 0) is 48.8 Å². The van der Waals surface area contributed by atoms with Gasteiger partial charge < -0.3 is 34.1 Å². The number of halogens is 21. The molecule has 0 bridgehead atoms. The van der Waals surface area contributed by atoms with Crippen molar-refractivity contribution < 1.29 is 185 Å². The van der Waals surface area contributed by atoms with Crippen molar-refractivity contribution in [1.82, 2.24) is 78.6 Å². The van der Waals surface area contributed by atoms with Crippen LogP contribution in [0.25, 0.3) is 79.2 Å². The fourth-order valence-corrected chi connectivity index (χ4v) is 11.6. The quantitative estimate of drug-likeness (QED) is 0.0943. The second-order valence-electron chi connectivity index (χ2n) is 24.9. The number of pyridine rings is 2. The SMILES string of the molecule is Cc1cc(-c2ccn(C)n2)[c-]c(S(F)(F)(F)(F)F)c1.Cc1cc(-c2cn(C)cn2)[c-]c(S(F)(F)(F)(F)F)c1.Cc1cc(-c2nccn2C)[c-]c(S(F)(F)(F)(F)F)c1.Cc1cc[c-]c(-c2ccn(C)n2)c1.Cc1cc[c-]c(-c2cn(C)cn2)c1.FC(F)(F)c1cc(-c2ccccn2)[n-]n1.FC(F)(F)c1cc(-c2ccccn2)[n-]n1.[Ir].[Ir].[Ir].[Ir].[Ir]. The molecule has 118 heavy (non-hydrogen) atoms. The average molecular weight is 2620 g/mol. The maximum Gasteiger partial charge on any atom is 0.431 e. The zero-order valence-corrected chi connectivity index (χ0v) is 76.4. The van der Waals surface area contributed by atoms with Crippen LogP contribution >= 0.6 is 30.7 Å². The van der Waals surface area contributed by atoms with Crippen molar-refractivity contribution in [3.63, 3.8) is 0 Å². The number of alkyl halides is 6. The first-order valence-corrected chi connectivity index (χ1v) is 37.8. The molecule has 16 nitrogen and oxygen atoms in total. The fraction of sp³-hybridized carbons (Fsp3) is 0.164. The summed E-state index contributed by atoms with van der Waals surface area (Å²) < 4.78 is 273. The van der Waals surface area contributed by atoms with Crippen LogP contribution in [0.3, 0.4) is 0 Å². The van der Waals surface area contributed by atoms with Crippen LogP contribution in [0.5, 0.6) is 0 Å². The molecule has 0 fully saturated rings. The van der Waals surface area contributed by atoms with Gasteiger partial charge in [-0.15, -0.1) is 159 Å². The van der Waals surface area contributed by atoms with Gasteiger partial charge >= 0.3 is 12.4 Å². The standard InChI is InChI=1S/3C11H10F5N2S.2C11H11N2.2C9H5F3N3.5Ir/c1-8-3-9(11-6-18(2)7-17-11)5-10(4-8)19(12,13,14,15)16;1-8-5-9(11-17-3-4-18(11)2)7-10(6-8)19(12,13,14,15)16;1-8-5-9(11-3-4-18(2)17-11)7-10(6-8)19(12,13,14,15)16;1-9-4-3-5-10(6-9)11-7-13(2)8-12-11;1-9-4-3-5-10(8-9)11-6-7-13(2)12-11;2*10-9(11,12)8-5-7(14-15-8)6-3-1-2-4-13-6;;;;;/h3-4,6-7H,1-2H3;2*3-6H,1-2H3;2*3-4,6-8H,1-2H3;2*1-5H;;;;;/q7*-1;;;;;. The van der Waals surface area contributed by atoms with E-state index in [1.807, 2.05) is 61.4 Å². The van der Waals surface area contributed by atoms with Gasteiger partial charge in [-0.2, -0.15) is 26.3 Å². The van der Waals surface area contributed by atoms with Crippen molar-refractivity contribution in [3.05, 3.63) is 265 Å². The maximum atomic E-state index is 12.8. The summed E-state index contributed by atoms with van der Waals surface area (Å²) in [5.74, 6) is 0.145. The number of imidazole rings is 3. The molecule has 5 radical (unpaired) electrons. The van der Waals surface area contributed by atoms with E-state index in [1.165, 1.54) is 113 Å². The molecule has 5 aromatic carbocycles. The molecule has 0 aliphatic heterocycles. The van der Waals surface area contributed by atoms with Crippen molar-refractivity contribution in [2.45, 2.75) is 61.7 Å². The smallest absolute Gasteiger partial charge is 0.431 e. The summed E-state index contributed by atoms with van der Waals surface area (Å²) in [6, 6.07) is 43.8. The van der Waals surface area contributed by atoms with E-state index in [0.717, 1.165) is 34.6 Å². The van der Waals surface area contributed by atoms with Crippen LogP contribution < -0.4 is 10.2 Å². The van der Waals surface area contributed by atoms with E-state index in [-0.39, 0.29) is 163 Å². The number of rotatable bonds is 10. The van der Waals surface area contributed by atoms with Crippen molar-refractivity contribution in [2.24, 2.45) is 35.2 Å². The summed E-state index contributed by atoms with van der Waals surface area (Å²) in [5.41, 5.74) is 5.76. The van der Waals surface area contributed by atoms with Crippen LogP contribution in [0, 0.1) is 65.0 Å². The van der Waals surface area contributed by atoms with Gasteiger partial charge in [0.25, 0.3) is 30.7 Å². The van der Waals surface area contributed by atoms with Gasteiger partial charge in [-0.1, -0.05) is 129 Å². The molecule has 0 amide bonds. The van der Waals surface area contributed by atoms with Crippen molar-refractivity contribution in [1.29, 1.82) is 0 Å². The zero-order valence-electron chi connectivity index (χ0n) is 62.0. The van der Waals surface area contributed by atoms with E-state index in [2.05, 4.69) is 93.6 Å². The number of hydrogen-bond acceptors (Lipinski definition) is 9. The second-order valence-corrected chi connectivity index (χ2v) is 32.0. The number of aromatic nitrogens is 16. The van der Waals surface area contributed by atoms with Gasteiger partial charge in [-0.25, -0.2) is 10.2 Å². The molecular weight excluding hydrogens is 2560 g/mol. The van der Waals surface area contributed by atoms with Crippen LogP contribution in [0.1, 0.15) is 39.2 Å². The molecule has 0 aliphatic carbocycles. The number of aryl methyl sites for hydroxylation is 10. The summed E-state index contributed by atoms with van der Waals surface area (Å²) >= 11 is 0. The van der Waals surface area contributed by atoms with E-state index < -0.39 is 69.1 Å². The summed E-state index contributed by atoms with van der Waals surface area (Å²) in [5, 5.41) is 21.1. The molecule has 9 aromatic heterocycles. The predicted octanol–water partition coefficient (Wildman–Crippen LogP) is 23.2. The zero-order chi connectivity index (χ0) is 83.9.